The Bertz CT molecular complexity index is 152. The van der Waals surface area contributed by atoms with Crippen LogP contribution < -0.4 is 5.32 Å². The fourth-order valence-corrected chi connectivity index (χ4v) is 2.19. The van der Waals surface area contributed by atoms with E-state index in [1.165, 1.54) is 6.42 Å². The lowest BCUT2D eigenvalue weighted by Gasteiger charge is -2.35. The summed E-state index contributed by atoms with van der Waals surface area (Å²) in [6, 6.07) is 0. The fourth-order valence-electron chi connectivity index (χ4n) is 2.19. The van der Waals surface area contributed by atoms with Crippen molar-refractivity contribution in [1.29, 1.82) is 0 Å². The molecule has 1 saturated carbocycles. The van der Waals surface area contributed by atoms with Gasteiger partial charge in [0.25, 0.3) is 0 Å². The van der Waals surface area contributed by atoms with E-state index in [1.54, 1.807) is 0 Å². The van der Waals surface area contributed by atoms with E-state index in [0.29, 0.717) is 19.0 Å². The molecule has 3 nitrogen and oxygen atoms in total. The molecule has 0 heterocycles. The number of aliphatic hydroxyl groups is 2. The van der Waals surface area contributed by atoms with Gasteiger partial charge in [0.05, 0.1) is 12.2 Å². The van der Waals surface area contributed by atoms with E-state index in [0.717, 1.165) is 19.3 Å². The van der Waals surface area contributed by atoms with E-state index in [9.17, 15) is 5.11 Å². The van der Waals surface area contributed by atoms with Crippen molar-refractivity contribution >= 4 is 0 Å². The van der Waals surface area contributed by atoms with Gasteiger partial charge in [0.1, 0.15) is 0 Å². The number of rotatable bonds is 4. The summed E-state index contributed by atoms with van der Waals surface area (Å²) in [4.78, 5) is 0. The Balaban J connectivity index is 2.27. The standard InChI is InChI=1S/C10H21NO2/c1-9-3-2-4-10(13,7-9)8-11-5-6-12/h9,11-13H,2-8H2,1H3. The summed E-state index contributed by atoms with van der Waals surface area (Å²) in [5.74, 6) is 0.634. The van der Waals surface area contributed by atoms with Crippen molar-refractivity contribution in [3.63, 3.8) is 0 Å². The summed E-state index contributed by atoms with van der Waals surface area (Å²) in [7, 11) is 0. The van der Waals surface area contributed by atoms with Crippen LogP contribution in [0.5, 0.6) is 0 Å². The molecular formula is C10H21NO2. The van der Waals surface area contributed by atoms with Crippen LogP contribution in [-0.2, 0) is 0 Å². The van der Waals surface area contributed by atoms with Crippen molar-refractivity contribution in [3.05, 3.63) is 0 Å². The molecule has 3 N–H and O–H groups in total. The molecule has 1 aliphatic rings. The number of aliphatic hydroxyl groups excluding tert-OH is 1. The number of hydrogen-bond acceptors (Lipinski definition) is 3. The highest BCUT2D eigenvalue weighted by atomic mass is 16.3. The second kappa shape index (κ2) is 4.94. The molecule has 0 spiro atoms. The Morgan fingerprint density at radius 1 is 1.54 bits per heavy atom. The first-order chi connectivity index (χ1) is 6.16. The normalized spacial score (nSPS) is 34.8. The molecule has 2 unspecified atom stereocenters. The Kier molecular flexibility index (Phi) is 4.16. The molecule has 3 heteroatoms. The van der Waals surface area contributed by atoms with Crippen LogP contribution in [0.3, 0.4) is 0 Å². The SMILES string of the molecule is CC1CCCC(O)(CNCCO)C1. The van der Waals surface area contributed by atoms with Crippen LogP contribution in [0.1, 0.15) is 32.6 Å². The lowest BCUT2D eigenvalue weighted by Crippen LogP contribution is -2.44. The van der Waals surface area contributed by atoms with Gasteiger partial charge in [-0.05, 0) is 18.8 Å². The first kappa shape index (κ1) is 11.0. The molecule has 1 aliphatic carbocycles. The maximum Gasteiger partial charge on any atom is 0.0774 e. The maximum absolute atomic E-state index is 10.1. The largest absolute Gasteiger partial charge is 0.395 e. The van der Waals surface area contributed by atoms with Crippen LogP contribution in [0.25, 0.3) is 0 Å². The topological polar surface area (TPSA) is 52.5 Å². The summed E-state index contributed by atoms with van der Waals surface area (Å²) in [6.45, 7) is 3.54. The molecular weight excluding hydrogens is 166 g/mol. The quantitative estimate of drug-likeness (QED) is 0.562. The first-order valence-corrected chi connectivity index (χ1v) is 5.20. The fraction of sp³-hybridized carbons (Fsp3) is 1.00. The number of hydrogen-bond donors (Lipinski definition) is 3. The molecule has 0 saturated heterocycles. The minimum absolute atomic E-state index is 0.144. The molecule has 0 aromatic carbocycles. The average molecular weight is 187 g/mol. The molecule has 0 bridgehead atoms. The molecule has 0 aromatic rings. The van der Waals surface area contributed by atoms with Gasteiger partial charge in [-0.25, -0.2) is 0 Å². The van der Waals surface area contributed by atoms with Crippen molar-refractivity contribution in [1.82, 2.24) is 5.32 Å². The van der Waals surface area contributed by atoms with Gasteiger partial charge in [0.2, 0.25) is 0 Å². The van der Waals surface area contributed by atoms with Gasteiger partial charge in [-0.15, -0.1) is 0 Å². The molecule has 0 aliphatic heterocycles. The van der Waals surface area contributed by atoms with E-state index in [1.807, 2.05) is 0 Å². The third-order valence-corrected chi connectivity index (χ3v) is 2.81. The summed E-state index contributed by atoms with van der Waals surface area (Å²) < 4.78 is 0. The Morgan fingerprint density at radius 2 is 2.31 bits per heavy atom. The van der Waals surface area contributed by atoms with Crippen LogP contribution in [0, 0.1) is 5.92 Å². The predicted molar refractivity (Wildman–Crippen MR) is 52.5 cm³/mol. The first-order valence-electron chi connectivity index (χ1n) is 5.20. The van der Waals surface area contributed by atoms with Gasteiger partial charge >= 0.3 is 0 Å². The Morgan fingerprint density at radius 3 is 2.92 bits per heavy atom. The molecule has 2 atom stereocenters. The Hall–Kier alpha value is -0.120. The molecule has 0 amide bonds. The van der Waals surface area contributed by atoms with Crippen LogP contribution in [0.15, 0.2) is 0 Å². The molecule has 78 valence electrons. The zero-order valence-corrected chi connectivity index (χ0v) is 8.42. The maximum atomic E-state index is 10.1. The van der Waals surface area contributed by atoms with Crippen molar-refractivity contribution in [3.8, 4) is 0 Å². The second-order valence-corrected chi connectivity index (χ2v) is 4.33. The van der Waals surface area contributed by atoms with Crippen LogP contribution >= 0.6 is 0 Å². The smallest absolute Gasteiger partial charge is 0.0774 e. The lowest BCUT2D eigenvalue weighted by molar-refractivity contribution is -0.0121. The Labute approximate surface area is 80.2 Å². The van der Waals surface area contributed by atoms with Crippen molar-refractivity contribution in [2.75, 3.05) is 19.7 Å². The average Bonchev–Trinajstić information content (AvgIpc) is 2.04. The van der Waals surface area contributed by atoms with Gasteiger partial charge in [0.15, 0.2) is 0 Å². The minimum Gasteiger partial charge on any atom is -0.395 e. The van der Waals surface area contributed by atoms with Gasteiger partial charge in [-0.2, -0.15) is 0 Å². The van der Waals surface area contributed by atoms with E-state index < -0.39 is 5.60 Å². The summed E-state index contributed by atoms with van der Waals surface area (Å²) in [5.41, 5.74) is -0.521. The zero-order valence-electron chi connectivity index (χ0n) is 8.42. The lowest BCUT2D eigenvalue weighted by atomic mass is 9.79. The van der Waals surface area contributed by atoms with E-state index in [2.05, 4.69) is 12.2 Å². The van der Waals surface area contributed by atoms with Crippen molar-refractivity contribution in [2.45, 2.75) is 38.2 Å². The third kappa shape index (κ3) is 3.63. The summed E-state index contributed by atoms with van der Waals surface area (Å²) >= 11 is 0. The zero-order chi connectivity index (χ0) is 9.73. The van der Waals surface area contributed by atoms with Gasteiger partial charge in [0, 0.05) is 13.1 Å². The van der Waals surface area contributed by atoms with Gasteiger partial charge in [-0.3, -0.25) is 0 Å². The van der Waals surface area contributed by atoms with Gasteiger partial charge < -0.3 is 15.5 Å². The molecule has 0 radical (unpaired) electrons. The van der Waals surface area contributed by atoms with Crippen LogP contribution in [0.4, 0.5) is 0 Å². The molecule has 0 aromatic heterocycles. The number of nitrogens with one attached hydrogen (secondary N) is 1. The highest BCUT2D eigenvalue weighted by Crippen LogP contribution is 2.31. The summed E-state index contributed by atoms with van der Waals surface area (Å²) in [6.07, 6.45) is 4.15. The predicted octanol–water partition coefficient (Wildman–Crippen LogP) is 0.509. The molecule has 1 rings (SSSR count). The van der Waals surface area contributed by atoms with Gasteiger partial charge in [-0.1, -0.05) is 19.8 Å². The van der Waals surface area contributed by atoms with Crippen molar-refractivity contribution in [2.24, 2.45) is 5.92 Å². The van der Waals surface area contributed by atoms with E-state index in [-0.39, 0.29) is 6.61 Å². The van der Waals surface area contributed by atoms with Crippen LogP contribution in [0.2, 0.25) is 0 Å². The van der Waals surface area contributed by atoms with Crippen molar-refractivity contribution < 1.29 is 10.2 Å². The highest BCUT2D eigenvalue weighted by molar-refractivity contribution is 4.86. The molecule has 1 fully saturated rings. The second-order valence-electron chi connectivity index (χ2n) is 4.33. The van der Waals surface area contributed by atoms with E-state index >= 15 is 0 Å². The third-order valence-electron chi connectivity index (χ3n) is 2.81. The summed E-state index contributed by atoms with van der Waals surface area (Å²) in [5, 5.41) is 21.8. The molecule has 13 heavy (non-hydrogen) atoms. The van der Waals surface area contributed by atoms with Crippen LogP contribution in [-0.4, -0.2) is 35.5 Å². The van der Waals surface area contributed by atoms with E-state index in [4.69, 9.17) is 5.11 Å². The monoisotopic (exact) mass is 187 g/mol. The highest BCUT2D eigenvalue weighted by Gasteiger charge is 2.31. The minimum atomic E-state index is -0.521.